The van der Waals surface area contributed by atoms with E-state index in [4.69, 9.17) is 4.74 Å². The molecule has 2 rings (SSSR count). The molecule has 0 unspecified atom stereocenters. The monoisotopic (exact) mass is 249 g/mol. The van der Waals surface area contributed by atoms with Crippen LogP contribution in [-0.2, 0) is 5.41 Å². The molecular weight excluding hydrogens is 226 g/mol. The Balaban J connectivity index is 2.30. The number of nitrogens with zero attached hydrogens (tertiary/aromatic N) is 1. The van der Waals surface area contributed by atoms with Crippen molar-refractivity contribution in [2.45, 2.75) is 25.2 Å². The molecule has 0 bridgehead atoms. The minimum atomic E-state index is -0.0659. The third kappa shape index (κ3) is 2.38. The van der Waals surface area contributed by atoms with E-state index in [0.717, 1.165) is 37.2 Å². The van der Waals surface area contributed by atoms with Gasteiger partial charge in [-0.25, -0.2) is 0 Å². The summed E-state index contributed by atoms with van der Waals surface area (Å²) in [5.41, 5.74) is 2.32. The van der Waals surface area contributed by atoms with Crippen LogP contribution in [0.25, 0.3) is 0 Å². The Bertz CT molecular complexity index is 409. The first-order valence-corrected chi connectivity index (χ1v) is 6.56. The van der Waals surface area contributed by atoms with Crippen molar-refractivity contribution in [2.24, 2.45) is 0 Å². The van der Waals surface area contributed by atoms with Crippen molar-refractivity contribution in [3.63, 3.8) is 0 Å². The lowest BCUT2D eigenvalue weighted by Gasteiger charge is -2.40. The fourth-order valence-corrected chi connectivity index (χ4v) is 2.79. The lowest BCUT2D eigenvalue weighted by atomic mass is 9.73. The number of ether oxygens (including phenoxy) is 1. The summed E-state index contributed by atoms with van der Waals surface area (Å²) in [6, 6.07) is 6.29. The van der Waals surface area contributed by atoms with Crippen LogP contribution in [0.1, 0.15) is 24.0 Å². The highest BCUT2D eigenvalue weighted by atomic mass is 16.5. The van der Waals surface area contributed by atoms with Crippen LogP contribution in [0.3, 0.4) is 0 Å². The fourth-order valence-electron chi connectivity index (χ4n) is 2.79. The molecule has 1 aliphatic rings. The zero-order valence-electron chi connectivity index (χ0n) is 11.6. The molecule has 0 atom stereocenters. The van der Waals surface area contributed by atoms with Gasteiger partial charge in [0.1, 0.15) is 5.75 Å². The SMILES string of the molecule is COc1ccc(C2(CO)CCN(C)CC2)cc1C. The van der Waals surface area contributed by atoms with Crippen LogP contribution in [-0.4, -0.2) is 43.9 Å². The lowest BCUT2D eigenvalue weighted by molar-refractivity contribution is 0.114. The number of hydrogen-bond donors (Lipinski definition) is 1. The summed E-state index contributed by atoms with van der Waals surface area (Å²) in [5, 5.41) is 9.85. The molecule has 1 aromatic rings. The van der Waals surface area contributed by atoms with E-state index in [-0.39, 0.29) is 12.0 Å². The molecule has 3 nitrogen and oxygen atoms in total. The van der Waals surface area contributed by atoms with Gasteiger partial charge in [-0.3, -0.25) is 0 Å². The maximum atomic E-state index is 9.85. The van der Waals surface area contributed by atoms with E-state index < -0.39 is 0 Å². The van der Waals surface area contributed by atoms with E-state index >= 15 is 0 Å². The van der Waals surface area contributed by atoms with Gasteiger partial charge < -0.3 is 14.7 Å². The normalized spacial score (nSPS) is 19.8. The molecule has 0 saturated carbocycles. The molecule has 1 saturated heterocycles. The molecule has 1 aromatic carbocycles. The molecule has 0 radical (unpaired) electrons. The van der Waals surface area contributed by atoms with Crippen molar-refractivity contribution < 1.29 is 9.84 Å². The summed E-state index contributed by atoms with van der Waals surface area (Å²) in [4.78, 5) is 2.32. The van der Waals surface area contributed by atoms with Crippen LogP contribution in [0.15, 0.2) is 18.2 Å². The van der Waals surface area contributed by atoms with Crippen molar-refractivity contribution in [3.05, 3.63) is 29.3 Å². The maximum Gasteiger partial charge on any atom is 0.121 e. The van der Waals surface area contributed by atoms with Gasteiger partial charge in [0, 0.05) is 5.41 Å². The van der Waals surface area contributed by atoms with Crippen LogP contribution in [0, 0.1) is 6.92 Å². The summed E-state index contributed by atoms with van der Waals surface area (Å²) >= 11 is 0. The van der Waals surface area contributed by atoms with Crippen LogP contribution < -0.4 is 4.74 Å². The molecule has 0 aliphatic carbocycles. The van der Waals surface area contributed by atoms with Crippen molar-refractivity contribution in [1.29, 1.82) is 0 Å². The summed E-state index contributed by atoms with van der Waals surface area (Å²) in [5.74, 6) is 0.916. The van der Waals surface area contributed by atoms with Crippen LogP contribution in [0.4, 0.5) is 0 Å². The Morgan fingerprint density at radius 1 is 1.33 bits per heavy atom. The standard InChI is InChI=1S/C15H23NO2/c1-12-10-13(4-5-14(12)18-3)15(11-17)6-8-16(2)9-7-15/h4-5,10,17H,6-9,11H2,1-3H3. The molecule has 18 heavy (non-hydrogen) atoms. The Morgan fingerprint density at radius 3 is 2.50 bits per heavy atom. The molecule has 0 amide bonds. The second kappa shape index (κ2) is 5.29. The van der Waals surface area contributed by atoms with Gasteiger partial charge in [0.05, 0.1) is 13.7 Å². The van der Waals surface area contributed by atoms with Gasteiger partial charge in [-0.2, -0.15) is 0 Å². The second-order valence-electron chi connectivity index (χ2n) is 5.43. The van der Waals surface area contributed by atoms with Crippen LogP contribution in [0.5, 0.6) is 5.75 Å². The van der Waals surface area contributed by atoms with Gasteiger partial charge in [-0.1, -0.05) is 12.1 Å². The van der Waals surface area contributed by atoms with Crippen molar-refractivity contribution in [2.75, 3.05) is 33.9 Å². The van der Waals surface area contributed by atoms with Gasteiger partial charge in [0.15, 0.2) is 0 Å². The Hall–Kier alpha value is -1.06. The molecule has 1 heterocycles. The topological polar surface area (TPSA) is 32.7 Å². The first kappa shape index (κ1) is 13.4. The first-order chi connectivity index (χ1) is 8.61. The minimum absolute atomic E-state index is 0.0659. The van der Waals surface area contributed by atoms with Crippen molar-refractivity contribution >= 4 is 0 Å². The molecular formula is C15H23NO2. The second-order valence-corrected chi connectivity index (χ2v) is 5.43. The average molecular weight is 249 g/mol. The van der Waals surface area contributed by atoms with E-state index in [1.54, 1.807) is 7.11 Å². The predicted molar refractivity (Wildman–Crippen MR) is 73.2 cm³/mol. The number of hydrogen-bond acceptors (Lipinski definition) is 3. The zero-order valence-corrected chi connectivity index (χ0v) is 11.6. The zero-order chi connectivity index (χ0) is 13.2. The van der Waals surface area contributed by atoms with E-state index in [1.165, 1.54) is 5.56 Å². The summed E-state index contributed by atoms with van der Waals surface area (Å²) in [7, 11) is 3.83. The third-order valence-corrected chi connectivity index (χ3v) is 4.25. The highest BCUT2D eigenvalue weighted by molar-refractivity contribution is 5.39. The molecule has 1 aliphatic heterocycles. The van der Waals surface area contributed by atoms with Crippen molar-refractivity contribution in [3.8, 4) is 5.75 Å². The highest BCUT2D eigenvalue weighted by Crippen LogP contribution is 2.36. The summed E-state index contributed by atoms with van der Waals surface area (Å²) in [6.07, 6.45) is 2.04. The number of piperidine rings is 1. The van der Waals surface area contributed by atoms with E-state index in [0.29, 0.717) is 0 Å². The number of rotatable bonds is 3. The van der Waals surface area contributed by atoms with E-state index in [9.17, 15) is 5.11 Å². The Labute approximate surface area is 109 Å². The molecule has 100 valence electrons. The van der Waals surface area contributed by atoms with Gasteiger partial charge >= 0.3 is 0 Å². The van der Waals surface area contributed by atoms with E-state index in [2.05, 4.69) is 31.0 Å². The average Bonchev–Trinajstić information content (AvgIpc) is 2.40. The Kier molecular flexibility index (Phi) is 3.93. The molecule has 0 aromatic heterocycles. The van der Waals surface area contributed by atoms with E-state index in [1.807, 2.05) is 6.07 Å². The predicted octanol–water partition coefficient (Wildman–Crippen LogP) is 1.96. The summed E-state index contributed by atoms with van der Waals surface area (Å²) < 4.78 is 5.30. The molecule has 1 fully saturated rings. The molecule has 1 N–H and O–H groups in total. The number of likely N-dealkylation sites (tertiary alicyclic amines) is 1. The lowest BCUT2D eigenvalue weighted by Crippen LogP contribution is -2.43. The van der Waals surface area contributed by atoms with Crippen LogP contribution >= 0.6 is 0 Å². The molecule has 0 spiro atoms. The number of aliphatic hydroxyl groups is 1. The van der Waals surface area contributed by atoms with Gasteiger partial charge in [-0.05, 0) is 57.1 Å². The first-order valence-electron chi connectivity index (χ1n) is 6.56. The largest absolute Gasteiger partial charge is 0.496 e. The van der Waals surface area contributed by atoms with Crippen molar-refractivity contribution in [1.82, 2.24) is 4.90 Å². The number of methoxy groups -OCH3 is 1. The summed E-state index contributed by atoms with van der Waals surface area (Å²) in [6.45, 7) is 4.38. The maximum absolute atomic E-state index is 9.85. The van der Waals surface area contributed by atoms with Gasteiger partial charge in [-0.15, -0.1) is 0 Å². The number of aryl methyl sites for hydroxylation is 1. The third-order valence-electron chi connectivity index (χ3n) is 4.25. The fraction of sp³-hybridized carbons (Fsp3) is 0.600. The smallest absolute Gasteiger partial charge is 0.121 e. The number of aliphatic hydroxyl groups excluding tert-OH is 1. The Morgan fingerprint density at radius 2 is 2.00 bits per heavy atom. The molecule has 3 heteroatoms. The van der Waals surface area contributed by atoms with Gasteiger partial charge in [0.25, 0.3) is 0 Å². The quantitative estimate of drug-likeness (QED) is 0.889. The van der Waals surface area contributed by atoms with Crippen LogP contribution in [0.2, 0.25) is 0 Å². The minimum Gasteiger partial charge on any atom is -0.496 e. The number of benzene rings is 1. The van der Waals surface area contributed by atoms with Gasteiger partial charge in [0.2, 0.25) is 0 Å². The highest BCUT2D eigenvalue weighted by Gasteiger charge is 2.35.